The van der Waals surface area contributed by atoms with E-state index < -0.39 is 15.6 Å². The van der Waals surface area contributed by atoms with Crippen LogP contribution >= 0.6 is 0 Å². The molecule has 1 heterocycles. The van der Waals surface area contributed by atoms with Crippen molar-refractivity contribution in [3.05, 3.63) is 48.3 Å². The molecule has 4 nitrogen and oxygen atoms in total. The average molecular weight is 314 g/mol. The molecule has 7 heteroatoms. The number of aryl methyl sites for hydroxylation is 1. The van der Waals surface area contributed by atoms with Gasteiger partial charge in [0.2, 0.25) is 9.84 Å². The van der Waals surface area contributed by atoms with Crippen molar-refractivity contribution in [3.8, 4) is 0 Å². The molecule has 0 saturated heterocycles. The van der Waals surface area contributed by atoms with E-state index in [1.807, 2.05) is 30.0 Å². The predicted octanol–water partition coefficient (Wildman–Crippen LogP) is 3.12. The van der Waals surface area contributed by atoms with E-state index in [9.17, 15) is 17.2 Å². The lowest BCUT2D eigenvalue weighted by Gasteiger charge is -2.07. The topological polar surface area (TPSA) is 51.1 Å². The summed E-state index contributed by atoms with van der Waals surface area (Å²) in [5, 5.41) is 3.11. The fourth-order valence-corrected chi connectivity index (χ4v) is 2.58. The van der Waals surface area contributed by atoms with Crippen LogP contribution in [-0.4, -0.2) is 18.7 Å². The maximum Gasteiger partial charge on any atom is 0.341 e. The number of halogens is 2. The number of hydrogen-bond donors (Lipinski definition) is 1. The number of sulfone groups is 1. The van der Waals surface area contributed by atoms with Gasteiger partial charge in [0.1, 0.15) is 0 Å². The van der Waals surface area contributed by atoms with Gasteiger partial charge in [0, 0.05) is 31.2 Å². The quantitative estimate of drug-likeness (QED) is 0.891. The summed E-state index contributed by atoms with van der Waals surface area (Å²) in [5.41, 5.74) is 1.76. The van der Waals surface area contributed by atoms with E-state index >= 15 is 0 Å². The molecule has 2 aromatic rings. The van der Waals surface area contributed by atoms with E-state index in [4.69, 9.17) is 0 Å². The van der Waals surface area contributed by atoms with Gasteiger partial charge in [-0.3, -0.25) is 0 Å². The monoisotopic (exact) mass is 314 g/mol. The molecule has 1 aromatic carbocycles. The van der Waals surface area contributed by atoms with Gasteiger partial charge in [-0.1, -0.05) is 0 Å². The summed E-state index contributed by atoms with van der Waals surface area (Å²) in [5.74, 6) is -3.40. The highest BCUT2D eigenvalue weighted by atomic mass is 32.2. The summed E-state index contributed by atoms with van der Waals surface area (Å²) in [4.78, 5) is -0.375. The Bertz CT molecular complexity index is 694. The van der Waals surface area contributed by atoms with E-state index in [1.54, 1.807) is 0 Å². The van der Waals surface area contributed by atoms with Crippen molar-refractivity contribution in [2.24, 2.45) is 0 Å². The third kappa shape index (κ3) is 3.60. The van der Waals surface area contributed by atoms with Crippen LogP contribution in [0.2, 0.25) is 0 Å². The van der Waals surface area contributed by atoms with E-state index in [0.717, 1.165) is 12.1 Å². The molecular weight excluding hydrogens is 298 g/mol. The summed E-state index contributed by atoms with van der Waals surface area (Å²) < 4.78 is 49.4. The Hall–Kier alpha value is -1.89. The van der Waals surface area contributed by atoms with Crippen molar-refractivity contribution >= 4 is 15.5 Å². The molecule has 0 saturated carbocycles. The first kappa shape index (κ1) is 15.5. The molecule has 0 unspecified atom stereocenters. The summed E-state index contributed by atoms with van der Waals surface area (Å²) in [7, 11) is -4.53. The van der Waals surface area contributed by atoms with Gasteiger partial charge in [-0.25, -0.2) is 8.42 Å². The third-order valence-corrected chi connectivity index (χ3v) is 4.49. The Morgan fingerprint density at radius 3 is 2.38 bits per heavy atom. The average Bonchev–Trinajstić information content (AvgIpc) is 2.93. The number of alkyl halides is 2. The van der Waals surface area contributed by atoms with Gasteiger partial charge in [0.05, 0.1) is 4.90 Å². The SMILES string of the molecule is CCn1ccc(CNc2ccc(S(=O)(=O)C(F)F)cc2)c1. The second-order valence-electron chi connectivity index (χ2n) is 4.53. The molecule has 0 aliphatic rings. The zero-order valence-corrected chi connectivity index (χ0v) is 12.3. The number of aromatic nitrogens is 1. The van der Waals surface area contributed by atoms with Gasteiger partial charge in [0.15, 0.2) is 0 Å². The van der Waals surface area contributed by atoms with E-state index in [2.05, 4.69) is 5.32 Å². The number of anilines is 1. The molecular formula is C14H16F2N2O2S. The molecule has 0 aliphatic heterocycles. The Morgan fingerprint density at radius 2 is 1.86 bits per heavy atom. The molecule has 0 aliphatic carbocycles. The number of benzene rings is 1. The van der Waals surface area contributed by atoms with Crippen LogP contribution in [0.4, 0.5) is 14.5 Å². The molecule has 0 bridgehead atoms. The lowest BCUT2D eigenvalue weighted by molar-refractivity contribution is 0.234. The fraction of sp³-hybridized carbons (Fsp3) is 0.286. The molecule has 0 radical (unpaired) electrons. The van der Waals surface area contributed by atoms with E-state index in [-0.39, 0.29) is 4.90 Å². The number of nitrogens with one attached hydrogen (secondary N) is 1. The van der Waals surface area contributed by atoms with Crippen LogP contribution in [0.3, 0.4) is 0 Å². The van der Waals surface area contributed by atoms with Gasteiger partial charge in [-0.15, -0.1) is 0 Å². The maximum atomic E-state index is 12.4. The fourth-order valence-electron chi connectivity index (χ4n) is 1.86. The first-order chi connectivity index (χ1) is 9.93. The number of hydrogen-bond acceptors (Lipinski definition) is 3. The smallest absolute Gasteiger partial charge is 0.341 e. The Balaban J connectivity index is 2.03. The largest absolute Gasteiger partial charge is 0.381 e. The van der Waals surface area contributed by atoms with Crippen molar-refractivity contribution in [3.63, 3.8) is 0 Å². The summed E-state index contributed by atoms with van der Waals surface area (Å²) in [6, 6.07) is 7.30. The minimum absolute atomic E-state index is 0.375. The second kappa shape index (κ2) is 6.26. The number of nitrogens with zero attached hydrogens (tertiary/aromatic N) is 1. The molecule has 114 valence electrons. The Morgan fingerprint density at radius 1 is 1.19 bits per heavy atom. The van der Waals surface area contributed by atoms with Gasteiger partial charge >= 0.3 is 5.76 Å². The zero-order chi connectivity index (χ0) is 15.5. The van der Waals surface area contributed by atoms with Crippen LogP contribution in [-0.2, 0) is 22.9 Å². The van der Waals surface area contributed by atoms with E-state index in [0.29, 0.717) is 12.2 Å². The molecule has 0 amide bonds. The van der Waals surface area contributed by atoms with Gasteiger partial charge in [0.25, 0.3) is 0 Å². The lowest BCUT2D eigenvalue weighted by Crippen LogP contribution is -2.11. The molecule has 2 rings (SSSR count). The molecule has 1 aromatic heterocycles. The van der Waals surface area contributed by atoms with Crippen molar-refractivity contribution in [1.29, 1.82) is 0 Å². The van der Waals surface area contributed by atoms with Crippen molar-refractivity contribution in [1.82, 2.24) is 4.57 Å². The highest BCUT2D eigenvalue weighted by molar-refractivity contribution is 7.91. The highest BCUT2D eigenvalue weighted by Crippen LogP contribution is 2.20. The van der Waals surface area contributed by atoms with Crippen molar-refractivity contribution < 1.29 is 17.2 Å². The Labute approximate surface area is 122 Å². The first-order valence-electron chi connectivity index (χ1n) is 6.44. The summed E-state index contributed by atoms with van der Waals surface area (Å²) in [6.07, 6.45) is 3.97. The minimum atomic E-state index is -4.53. The predicted molar refractivity (Wildman–Crippen MR) is 77.1 cm³/mol. The normalized spacial score (nSPS) is 11.8. The molecule has 0 atom stereocenters. The lowest BCUT2D eigenvalue weighted by atomic mass is 10.3. The highest BCUT2D eigenvalue weighted by Gasteiger charge is 2.26. The van der Waals surface area contributed by atoms with Crippen molar-refractivity contribution in [2.45, 2.75) is 30.7 Å². The molecule has 1 N–H and O–H groups in total. The first-order valence-corrected chi connectivity index (χ1v) is 7.98. The molecule has 0 fully saturated rings. The number of rotatable bonds is 6. The van der Waals surface area contributed by atoms with E-state index in [1.165, 1.54) is 24.3 Å². The van der Waals surface area contributed by atoms with Crippen LogP contribution in [0, 0.1) is 0 Å². The van der Waals surface area contributed by atoms with Crippen LogP contribution in [0.25, 0.3) is 0 Å². The zero-order valence-electron chi connectivity index (χ0n) is 11.5. The van der Waals surface area contributed by atoms with Crippen LogP contribution in [0.1, 0.15) is 12.5 Å². The van der Waals surface area contributed by atoms with Crippen LogP contribution in [0.5, 0.6) is 0 Å². The van der Waals surface area contributed by atoms with Gasteiger partial charge in [-0.2, -0.15) is 8.78 Å². The van der Waals surface area contributed by atoms with Gasteiger partial charge in [-0.05, 0) is 42.8 Å². The van der Waals surface area contributed by atoms with Gasteiger partial charge < -0.3 is 9.88 Å². The van der Waals surface area contributed by atoms with Crippen LogP contribution < -0.4 is 5.32 Å². The van der Waals surface area contributed by atoms with Crippen LogP contribution in [0.15, 0.2) is 47.6 Å². The third-order valence-electron chi connectivity index (χ3n) is 3.09. The second-order valence-corrected chi connectivity index (χ2v) is 6.45. The van der Waals surface area contributed by atoms with Crippen molar-refractivity contribution in [2.75, 3.05) is 5.32 Å². The summed E-state index contributed by atoms with van der Waals surface area (Å²) in [6.45, 7) is 3.51. The maximum absolute atomic E-state index is 12.4. The minimum Gasteiger partial charge on any atom is -0.381 e. The Kier molecular flexibility index (Phi) is 4.62. The summed E-state index contributed by atoms with van der Waals surface area (Å²) >= 11 is 0. The molecule has 0 spiro atoms. The molecule has 21 heavy (non-hydrogen) atoms. The standard InChI is InChI=1S/C14H16F2N2O2S/c1-2-18-8-7-11(10-18)9-17-12-3-5-13(6-4-12)21(19,20)14(15)16/h3-8,10,14,17H,2,9H2,1H3.